The molecule has 0 saturated heterocycles. The van der Waals surface area contributed by atoms with Crippen molar-refractivity contribution < 1.29 is 35.9 Å². The van der Waals surface area contributed by atoms with Gasteiger partial charge in [0.25, 0.3) is 0 Å². The molecule has 3 aromatic rings. The van der Waals surface area contributed by atoms with Gasteiger partial charge < -0.3 is 11.1 Å². The first kappa shape index (κ1) is 31.5. The van der Waals surface area contributed by atoms with Crippen LogP contribution in [0.4, 0.5) is 26.3 Å². The summed E-state index contributed by atoms with van der Waals surface area (Å²) >= 11 is 0. The molecule has 228 valence electrons. The second-order valence-corrected chi connectivity index (χ2v) is 10.7. The monoisotopic (exact) mass is 605 g/mol. The fourth-order valence-electron chi connectivity index (χ4n) is 4.91. The van der Waals surface area contributed by atoms with E-state index in [2.05, 4.69) is 15.4 Å². The van der Waals surface area contributed by atoms with E-state index in [-0.39, 0.29) is 30.0 Å². The van der Waals surface area contributed by atoms with Crippen molar-refractivity contribution in [1.29, 1.82) is 0 Å². The van der Waals surface area contributed by atoms with Gasteiger partial charge in [0.05, 0.1) is 17.7 Å². The lowest BCUT2D eigenvalue weighted by atomic mass is 9.88. The third-order valence-electron chi connectivity index (χ3n) is 6.86. The molecule has 4 rings (SSSR count). The van der Waals surface area contributed by atoms with Crippen molar-refractivity contribution in [3.8, 4) is 0 Å². The summed E-state index contributed by atoms with van der Waals surface area (Å²) in [5, 5.41) is 6.37. The number of primary amides is 1. The van der Waals surface area contributed by atoms with E-state index in [0.717, 1.165) is 35.2 Å². The molecular formula is C30H29F6N5O2. The highest BCUT2D eigenvalue weighted by Crippen LogP contribution is 2.33. The molecule has 0 spiro atoms. The highest BCUT2D eigenvalue weighted by Gasteiger charge is 2.36. The number of nitrogens with one attached hydrogen (secondary N) is 1. The van der Waals surface area contributed by atoms with Crippen LogP contribution in [0.1, 0.15) is 54.9 Å². The minimum Gasteiger partial charge on any atom is -0.369 e. The number of halogens is 6. The van der Waals surface area contributed by atoms with E-state index in [1.165, 1.54) is 18.3 Å². The summed E-state index contributed by atoms with van der Waals surface area (Å²) in [5.41, 5.74) is 5.30. The van der Waals surface area contributed by atoms with E-state index in [4.69, 9.17) is 5.73 Å². The second-order valence-electron chi connectivity index (χ2n) is 10.7. The van der Waals surface area contributed by atoms with Crippen molar-refractivity contribution in [1.82, 2.24) is 20.1 Å². The van der Waals surface area contributed by atoms with Crippen LogP contribution in [0.3, 0.4) is 0 Å². The zero-order valence-corrected chi connectivity index (χ0v) is 23.2. The summed E-state index contributed by atoms with van der Waals surface area (Å²) in [6.07, 6.45) is -0.0392. The fourth-order valence-corrected chi connectivity index (χ4v) is 4.91. The Hall–Kier alpha value is -4.42. The van der Waals surface area contributed by atoms with Gasteiger partial charge >= 0.3 is 6.18 Å². The molecule has 2 aromatic heterocycles. The average molecular weight is 606 g/mol. The van der Waals surface area contributed by atoms with E-state index in [1.807, 2.05) is 0 Å². The highest BCUT2D eigenvalue weighted by atomic mass is 19.4. The summed E-state index contributed by atoms with van der Waals surface area (Å²) in [6, 6.07) is 4.55. The van der Waals surface area contributed by atoms with Crippen molar-refractivity contribution in [3.05, 3.63) is 101 Å². The lowest BCUT2D eigenvalue weighted by Gasteiger charge is -2.26. The Labute approximate surface area is 243 Å². The first-order valence-corrected chi connectivity index (χ1v) is 13.4. The smallest absolute Gasteiger partial charge is 0.369 e. The Morgan fingerprint density at radius 2 is 1.81 bits per heavy atom. The number of hydrogen-bond donors (Lipinski definition) is 2. The molecule has 2 heterocycles. The maximum atomic E-state index is 14.4. The number of aromatic nitrogens is 3. The Morgan fingerprint density at radius 3 is 2.42 bits per heavy atom. The molecule has 1 aromatic carbocycles. The van der Waals surface area contributed by atoms with Gasteiger partial charge in [-0.2, -0.15) is 18.3 Å². The molecule has 0 bridgehead atoms. The van der Waals surface area contributed by atoms with Crippen LogP contribution in [-0.4, -0.2) is 32.8 Å². The molecule has 1 aliphatic carbocycles. The Bertz CT molecular complexity index is 1530. The number of carbonyl (C=O) groups is 2. The normalized spacial score (nSPS) is 18.3. The summed E-state index contributed by atoms with van der Waals surface area (Å²) in [5.74, 6) is -4.72. The van der Waals surface area contributed by atoms with Gasteiger partial charge in [-0.25, -0.2) is 13.2 Å². The first-order chi connectivity index (χ1) is 20.2. The number of amides is 2. The van der Waals surface area contributed by atoms with Crippen LogP contribution in [0.25, 0.3) is 5.57 Å². The zero-order chi connectivity index (χ0) is 31.5. The van der Waals surface area contributed by atoms with Gasteiger partial charge in [0.15, 0.2) is 5.69 Å². The van der Waals surface area contributed by atoms with Crippen LogP contribution < -0.4 is 11.1 Å². The minimum absolute atomic E-state index is 0.118. The molecule has 0 aliphatic heterocycles. The number of carbonyl (C=O) groups excluding carboxylic acids is 2. The number of rotatable bonds is 10. The van der Waals surface area contributed by atoms with Gasteiger partial charge in [-0.3, -0.25) is 19.3 Å². The molecule has 0 fully saturated rings. The molecule has 1 aliphatic rings. The van der Waals surface area contributed by atoms with Crippen molar-refractivity contribution in [2.24, 2.45) is 17.6 Å². The van der Waals surface area contributed by atoms with Crippen LogP contribution >= 0.6 is 0 Å². The van der Waals surface area contributed by atoms with Crippen molar-refractivity contribution in [2.75, 3.05) is 0 Å². The van der Waals surface area contributed by atoms with Crippen LogP contribution in [-0.2, 0) is 22.2 Å². The lowest BCUT2D eigenvalue weighted by Crippen LogP contribution is -2.38. The molecule has 4 atom stereocenters. The van der Waals surface area contributed by atoms with Gasteiger partial charge in [-0.05, 0) is 60.2 Å². The molecule has 43 heavy (non-hydrogen) atoms. The average Bonchev–Trinajstić information content (AvgIpc) is 3.42. The summed E-state index contributed by atoms with van der Waals surface area (Å²) in [4.78, 5) is 30.0. The van der Waals surface area contributed by atoms with Crippen LogP contribution in [0.5, 0.6) is 0 Å². The predicted molar refractivity (Wildman–Crippen MR) is 146 cm³/mol. The molecule has 0 radical (unpaired) electrons. The van der Waals surface area contributed by atoms with Crippen LogP contribution in [0.2, 0.25) is 0 Å². The topological polar surface area (TPSA) is 103 Å². The van der Waals surface area contributed by atoms with Gasteiger partial charge in [0.1, 0.15) is 23.8 Å². The van der Waals surface area contributed by atoms with Crippen molar-refractivity contribution in [2.45, 2.75) is 51.1 Å². The zero-order valence-electron chi connectivity index (χ0n) is 23.2. The number of benzene rings is 1. The third-order valence-corrected chi connectivity index (χ3v) is 6.86. The number of pyridine rings is 1. The molecule has 13 heteroatoms. The minimum atomic E-state index is -4.72. The number of hydrogen-bond acceptors (Lipinski definition) is 4. The summed E-state index contributed by atoms with van der Waals surface area (Å²) in [7, 11) is 0. The maximum absolute atomic E-state index is 14.4. The van der Waals surface area contributed by atoms with Gasteiger partial charge in [0, 0.05) is 24.0 Å². The number of allylic oxidation sites excluding steroid dienone is 3. The molecular weight excluding hydrogens is 576 g/mol. The molecule has 3 N–H and O–H groups in total. The van der Waals surface area contributed by atoms with E-state index in [0.29, 0.717) is 17.2 Å². The first-order valence-electron chi connectivity index (χ1n) is 13.4. The van der Waals surface area contributed by atoms with Crippen LogP contribution in [0.15, 0.2) is 67.0 Å². The van der Waals surface area contributed by atoms with Crippen molar-refractivity contribution in [3.63, 3.8) is 0 Å². The number of nitrogens with two attached hydrogens (primary N) is 1. The predicted octanol–water partition coefficient (Wildman–Crippen LogP) is 5.66. The number of alkyl halides is 4. The molecule has 4 unspecified atom stereocenters. The summed E-state index contributed by atoms with van der Waals surface area (Å²) in [6.45, 7) is 3.57. The molecule has 2 amide bonds. The van der Waals surface area contributed by atoms with Gasteiger partial charge in [0.2, 0.25) is 11.8 Å². The Morgan fingerprint density at radius 1 is 1.12 bits per heavy atom. The summed E-state index contributed by atoms with van der Waals surface area (Å²) < 4.78 is 83.4. The Balaban J connectivity index is 1.77. The molecule has 0 saturated carbocycles. The van der Waals surface area contributed by atoms with Gasteiger partial charge in [-0.15, -0.1) is 0 Å². The maximum Gasteiger partial charge on any atom is 0.435 e. The lowest BCUT2D eigenvalue weighted by molar-refractivity contribution is -0.142. The third kappa shape index (κ3) is 7.70. The SMILES string of the molecule is CC(C)CC(C(=O)NC(Cc1cc(F)cc(F)c1)c1ncccc1C1=CC(C(N)=O)C(F)C=C1)n1ccc(C(F)(F)F)n1. The van der Waals surface area contributed by atoms with E-state index >= 15 is 0 Å². The van der Waals surface area contributed by atoms with Crippen LogP contribution in [0, 0.1) is 23.5 Å². The Kier molecular flexibility index (Phi) is 9.41. The van der Waals surface area contributed by atoms with E-state index in [9.17, 15) is 35.9 Å². The standard InChI is InChI=1S/C30H29F6N5O2/c1-16(2)10-25(41-9-7-26(40-41)30(34,35)36)29(43)39-24(13-17-11-19(31)15-20(32)12-17)27-21(4-3-8-38-27)18-5-6-23(33)22(14-18)28(37)42/h3-9,11-12,14-16,22-25H,10,13H2,1-2H3,(H2,37,42)(H,39,43). The quantitative estimate of drug-likeness (QED) is 0.292. The van der Waals surface area contributed by atoms with Gasteiger partial charge in [-0.1, -0.05) is 32.1 Å². The highest BCUT2D eigenvalue weighted by molar-refractivity contribution is 5.87. The molecule has 7 nitrogen and oxygen atoms in total. The largest absolute Gasteiger partial charge is 0.435 e. The second kappa shape index (κ2) is 12.8. The van der Waals surface area contributed by atoms with E-state index < -0.39 is 59.5 Å². The number of nitrogens with zero attached hydrogens (tertiary/aromatic N) is 3. The van der Waals surface area contributed by atoms with E-state index in [1.54, 1.807) is 26.0 Å². The van der Waals surface area contributed by atoms with Crippen molar-refractivity contribution >= 4 is 17.4 Å². The fraction of sp³-hybridized carbons (Fsp3) is 0.333.